The zero-order chi connectivity index (χ0) is 40.4. The third kappa shape index (κ3) is 8.69. The van der Waals surface area contributed by atoms with E-state index < -0.39 is 56.8 Å². The Morgan fingerprint density at radius 1 is 1.05 bits per heavy atom. The van der Waals surface area contributed by atoms with E-state index in [1.54, 1.807) is 7.11 Å². The maximum Gasteiger partial charge on any atom is 0.259 e. The first-order valence-corrected chi connectivity index (χ1v) is 21.0. The lowest BCUT2D eigenvalue weighted by molar-refractivity contribution is -0.148. The minimum atomic E-state index is -3.93. The number of methoxy groups -OCH3 is 1. The summed E-state index contributed by atoms with van der Waals surface area (Å²) in [6, 6.07) is 15.9. The fourth-order valence-electron chi connectivity index (χ4n) is 7.76. The summed E-state index contributed by atoms with van der Waals surface area (Å²) in [5.41, 5.74) is -0.0430. The number of hydrogen-bond acceptors (Lipinski definition) is 9. The van der Waals surface area contributed by atoms with Crippen molar-refractivity contribution in [1.29, 1.82) is 0 Å². The van der Waals surface area contributed by atoms with Gasteiger partial charge in [0.1, 0.15) is 29.2 Å². The third-order valence-electron chi connectivity index (χ3n) is 11.3. The van der Waals surface area contributed by atoms with Crippen molar-refractivity contribution in [3.05, 3.63) is 67.3 Å². The van der Waals surface area contributed by atoms with E-state index in [1.807, 2.05) is 80.3 Å². The topological polar surface area (TPSA) is 164 Å². The van der Waals surface area contributed by atoms with Crippen molar-refractivity contribution in [2.24, 2.45) is 17.3 Å². The monoisotopic (exact) mass is 787 g/mol. The second-order valence-corrected chi connectivity index (χ2v) is 18.2. The highest BCUT2D eigenvalue weighted by molar-refractivity contribution is 7.90. The number of benzene rings is 2. The largest absolute Gasteiger partial charge is 0.497 e. The summed E-state index contributed by atoms with van der Waals surface area (Å²) >= 11 is 0. The van der Waals surface area contributed by atoms with Gasteiger partial charge in [-0.05, 0) is 50.2 Å². The molecule has 1 aliphatic carbocycles. The molecule has 0 bridgehead atoms. The minimum absolute atomic E-state index is 0.0181. The van der Waals surface area contributed by atoms with Crippen LogP contribution in [0.4, 0.5) is 0 Å². The molecule has 3 heterocycles. The average Bonchev–Trinajstić information content (AvgIpc) is 3.75. The molecule has 2 saturated heterocycles. The van der Waals surface area contributed by atoms with Gasteiger partial charge in [0.2, 0.25) is 27.7 Å². The minimum Gasteiger partial charge on any atom is -0.497 e. The number of ether oxygens (including phenoxy) is 2. The molecule has 3 aliphatic rings. The Morgan fingerprint density at radius 2 is 1.77 bits per heavy atom. The van der Waals surface area contributed by atoms with Crippen LogP contribution in [0, 0.1) is 17.3 Å². The predicted molar refractivity (Wildman–Crippen MR) is 213 cm³/mol. The van der Waals surface area contributed by atoms with Gasteiger partial charge in [-0.25, -0.2) is 13.4 Å². The molecule has 4 amide bonds. The van der Waals surface area contributed by atoms with Crippen molar-refractivity contribution in [2.75, 3.05) is 32.5 Å². The van der Waals surface area contributed by atoms with Crippen LogP contribution in [0.2, 0.25) is 0 Å². The first-order valence-electron chi connectivity index (χ1n) is 19.4. The van der Waals surface area contributed by atoms with E-state index in [1.165, 1.54) is 17.9 Å². The molecule has 6 rings (SSSR count). The van der Waals surface area contributed by atoms with E-state index in [4.69, 9.17) is 14.5 Å². The van der Waals surface area contributed by atoms with Crippen LogP contribution in [-0.4, -0.2) is 97.0 Å². The van der Waals surface area contributed by atoms with Crippen LogP contribution in [0.3, 0.4) is 0 Å². The Hall–Kier alpha value is -4.98. The smallest absolute Gasteiger partial charge is 0.259 e. The lowest BCUT2D eigenvalue weighted by atomic mass is 9.77. The van der Waals surface area contributed by atoms with Crippen molar-refractivity contribution >= 4 is 44.6 Å². The van der Waals surface area contributed by atoms with Gasteiger partial charge >= 0.3 is 0 Å². The van der Waals surface area contributed by atoms with Crippen molar-refractivity contribution in [3.63, 3.8) is 0 Å². The fraction of sp³-hybridized carbons (Fsp3) is 0.500. The summed E-state index contributed by atoms with van der Waals surface area (Å²) in [6.07, 6.45) is 3.92. The van der Waals surface area contributed by atoms with Gasteiger partial charge in [-0.1, -0.05) is 57.2 Å². The summed E-state index contributed by atoms with van der Waals surface area (Å²) in [7, 11) is -2.35. The van der Waals surface area contributed by atoms with Crippen LogP contribution in [0.5, 0.6) is 11.5 Å². The van der Waals surface area contributed by atoms with Crippen molar-refractivity contribution in [1.82, 2.24) is 24.8 Å². The number of likely N-dealkylation sites (tertiary alicyclic amines) is 2. The van der Waals surface area contributed by atoms with Gasteiger partial charge in [0, 0.05) is 54.9 Å². The van der Waals surface area contributed by atoms with Gasteiger partial charge in [-0.3, -0.25) is 23.9 Å². The molecule has 300 valence electrons. The maximum absolute atomic E-state index is 14.8. The number of pyridine rings is 1. The second kappa shape index (κ2) is 16.2. The SMILES string of the molecule is C=C[C@@H]1C[C@]1(NC(=O)[C@@H]1C[C@@H](Oc2cc(-c3ccccc3)nc3cc(OC)ccc23)CN1C(=O)[C@@H](CC(=O)N1CCCCC1)C(C)(C)C)C(=O)NS(=O)(=O)CC. The molecule has 0 unspecified atom stereocenters. The van der Waals surface area contributed by atoms with Gasteiger partial charge in [0.25, 0.3) is 5.91 Å². The zero-order valence-corrected chi connectivity index (χ0v) is 33.7. The number of piperidine rings is 1. The number of nitrogens with zero attached hydrogens (tertiary/aromatic N) is 3. The molecule has 3 aromatic rings. The van der Waals surface area contributed by atoms with Gasteiger partial charge in [0.05, 0.1) is 36.5 Å². The number of nitrogens with one attached hydrogen (secondary N) is 2. The molecule has 3 fully saturated rings. The molecule has 13 nitrogen and oxygen atoms in total. The summed E-state index contributed by atoms with van der Waals surface area (Å²) < 4.78 is 39.1. The van der Waals surface area contributed by atoms with Gasteiger partial charge < -0.3 is 24.6 Å². The highest BCUT2D eigenvalue weighted by Crippen LogP contribution is 2.45. The lowest BCUT2D eigenvalue weighted by Crippen LogP contribution is -2.57. The van der Waals surface area contributed by atoms with E-state index in [-0.39, 0.29) is 43.4 Å². The van der Waals surface area contributed by atoms with Crippen LogP contribution in [0.25, 0.3) is 22.2 Å². The highest BCUT2D eigenvalue weighted by Gasteiger charge is 2.61. The molecule has 2 N–H and O–H groups in total. The average molecular weight is 788 g/mol. The summed E-state index contributed by atoms with van der Waals surface area (Å²) in [5, 5.41) is 3.54. The molecule has 5 atom stereocenters. The molecule has 56 heavy (non-hydrogen) atoms. The van der Waals surface area contributed by atoms with Crippen LogP contribution in [-0.2, 0) is 29.2 Å². The number of sulfonamides is 1. The fourth-order valence-corrected chi connectivity index (χ4v) is 8.37. The summed E-state index contributed by atoms with van der Waals surface area (Å²) in [4.78, 5) is 64.6. The number of hydrogen-bond donors (Lipinski definition) is 2. The standard InChI is InChI=1S/C42H53N5O8S/c1-7-28-25-42(28,40(51)45-56(52,53)8-2)44-38(49)35-22-30(26-47(35)39(50)32(41(3,4)5)23-37(48)46-19-13-10-14-20-46)55-36-24-33(27-15-11-9-12-16-27)43-34-21-29(54-6)17-18-31(34)36/h7,9,11-12,15-18,21,24,28,30,32,35H,1,8,10,13-14,19-20,22-23,25-26H2,2-6H3,(H,44,49)(H,45,51)/t28-,30-,32-,35+,42-/m1/s1. The number of rotatable bonds is 13. The molecule has 2 aromatic carbocycles. The van der Waals surface area contributed by atoms with E-state index in [9.17, 15) is 27.6 Å². The molecular formula is C42H53N5O8S. The molecule has 14 heteroatoms. The van der Waals surface area contributed by atoms with Crippen molar-refractivity contribution in [3.8, 4) is 22.8 Å². The lowest BCUT2D eigenvalue weighted by Gasteiger charge is -2.36. The number of aromatic nitrogens is 1. The number of carbonyl (C=O) groups excluding carboxylic acids is 4. The summed E-state index contributed by atoms with van der Waals surface area (Å²) in [6.45, 7) is 12.2. The van der Waals surface area contributed by atoms with Crippen LogP contribution in [0.1, 0.15) is 66.2 Å². The molecule has 1 saturated carbocycles. The maximum atomic E-state index is 14.8. The molecule has 2 aliphatic heterocycles. The van der Waals surface area contributed by atoms with E-state index in [0.29, 0.717) is 41.2 Å². The molecular weight excluding hydrogens is 735 g/mol. The third-order valence-corrected chi connectivity index (χ3v) is 12.6. The highest BCUT2D eigenvalue weighted by atomic mass is 32.2. The normalized spacial score (nSPS) is 22.9. The zero-order valence-electron chi connectivity index (χ0n) is 32.9. The molecule has 0 radical (unpaired) electrons. The van der Waals surface area contributed by atoms with Crippen molar-refractivity contribution < 1.29 is 37.1 Å². The first-order chi connectivity index (χ1) is 26.6. The molecule has 0 spiro atoms. The predicted octanol–water partition coefficient (Wildman–Crippen LogP) is 4.85. The van der Waals surface area contributed by atoms with E-state index in [2.05, 4.69) is 16.6 Å². The van der Waals surface area contributed by atoms with E-state index in [0.717, 1.165) is 24.8 Å². The Bertz CT molecular complexity index is 2100. The second-order valence-electron chi connectivity index (χ2n) is 16.1. The quantitative estimate of drug-likeness (QED) is 0.231. The Morgan fingerprint density at radius 3 is 2.39 bits per heavy atom. The van der Waals surface area contributed by atoms with Crippen molar-refractivity contribution in [2.45, 2.75) is 83.9 Å². The Labute approximate surface area is 329 Å². The van der Waals surface area contributed by atoms with Gasteiger partial charge in [-0.2, -0.15) is 0 Å². The Balaban J connectivity index is 1.35. The van der Waals surface area contributed by atoms with Crippen LogP contribution >= 0.6 is 0 Å². The first kappa shape index (κ1) is 40.7. The number of carbonyl (C=O) groups is 4. The number of fused-ring (bicyclic) bond motifs is 1. The Kier molecular flexibility index (Phi) is 11.8. The van der Waals surface area contributed by atoms with Gasteiger partial charge in [0.15, 0.2) is 0 Å². The number of amides is 4. The van der Waals surface area contributed by atoms with Crippen LogP contribution < -0.4 is 19.5 Å². The van der Waals surface area contributed by atoms with Gasteiger partial charge in [-0.15, -0.1) is 6.58 Å². The summed E-state index contributed by atoms with van der Waals surface area (Å²) in [5.74, 6) is -2.43. The molecule has 1 aromatic heterocycles. The van der Waals surface area contributed by atoms with Crippen LogP contribution in [0.15, 0.2) is 67.3 Å². The van der Waals surface area contributed by atoms with E-state index >= 15 is 0 Å².